The molecule has 1 heterocycles. The summed E-state index contributed by atoms with van der Waals surface area (Å²) in [7, 11) is 0. The zero-order valence-electron chi connectivity index (χ0n) is 17.3. The largest absolute Gasteiger partial charge is 0.348 e. The van der Waals surface area contributed by atoms with E-state index in [1.807, 2.05) is 0 Å². The van der Waals surface area contributed by atoms with Crippen LogP contribution in [0.2, 0.25) is 0 Å². The van der Waals surface area contributed by atoms with Crippen LogP contribution in [0.15, 0.2) is 23.3 Å². The standard InChI is InChI=1S/C24H34O3/c1-15-9-10-22(2)16(13-15)5-6-17-18-7-8-20(24(4)26-11-12-27-24)23(18,3)14-19(25)21(17)22/h5,13,17-18,20-21H,6-12,14H2,1-4H3/t17?,18?,20-,21?,22-,23-/m0/s1. The molecule has 3 fully saturated rings. The van der Waals surface area contributed by atoms with Gasteiger partial charge in [-0.1, -0.05) is 31.6 Å². The molecule has 3 nitrogen and oxygen atoms in total. The molecule has 0 bridgehead atoms. The van der Waals surface area contributed by atoms with Gasteiger partial charge in [0, 0.05) is 23.7 Å². The highest BCUT2D eigenvalue weighted by Gasteiger charge is 2.65. The first-order valence-corrected chi connectivity index (χ1v) is 11.0. The number of fused-ring (bicyclic) bond motifs is 5. The summed E-state index contributed by atoms with van der Waals surface area (Å²) in [5.41, 5.74) is 2.96. The SMILES string of the molecule is CC1=CC2=CCC3C(C(=O)C[C@@]4(C)C3CC[C@@H]4C3(C)OCCO3)[C@@]2(C)CC1. The maximum atomic E-state index is 13.7. The van der Waals surface area contributed by atoms with Crippen LogP contribution >= 0.6 is 0 Å². The van der Waals surface area contributed by atoms with Crippen LogP contribution in [0.5, 0.6) is 0 Å². The quantitative estimate of drug-likeness (QED) is 0.647. The van der Waals surface area contributed by atoms with Crippen molar-refractivity contribution >= 4 is 5.78 Å². The van der Waals surface area contributed by atoms with Gasteiger partial charge in [0.15, 0.2) is 5.79 Å². The topological polar surface area (TPSA) is 35.5 Å². The van der Waals surface area contributed by atoms with Crippen LogP contribution in [0.3, 0.4) is 0 Å². The lowest BCUT2D eigenvalue weighted by Gasteiger charge is -2.56. The molecule has 27 heavy (non-hydrogen) atoms. The van der Waals surface area contributed by atoms with E-state index in [1.165, 1.54) is 17.6 Å². The number of Topliss-reactive ketones (excluding diaryl/α,β-unsaturated/α-hetero) is 1. The first kappa shape index (κ1) is 18.1. The van der Waals surface area contributed by atoms with E-state index in [0.717, 1.165) is 25.7 Å². The Morgan fingerprint density at radius 3 is 2.59 bits per heavy atom. The van der Waals surface area contributed by atoms with Gasteiger partial charge in [0.25, 0.3) is 0 Å². The molecule has 3 heteroatoms. The summed E-state index contributed by atoms with van der Waals surface area (Å²) in [5, 5.41) is 0. The molecule has 5 rings (SSSR count). The Morgan fingerprint density at radius 2 is 1.85 bits per heavy atom. The second kappa shape index (κ2) is 5.79. The van der Waals surface area contributed by atoms with Gasteiger partial charge in [-0.25, -0.2) is 0 Å². The number of ether oxygens (including phenoxy) is 2. The molecule has 5 aliphatic rings. The van der Waals surface area contributed by atoms with Gasteiger partial charge >= 0.3 is 0 Å². The number of carbonyl (C=O) groups is 1. The molecule has 0 aromatic heterocycles. The van der Waals surface area contributed by atoms with Crippen molar-refractivity contribution in [2.75, 3.05) is 13.2 Å². The summed E-state index contributed by atoms with van der Waals surface area (Å²) in [4.78, 5) is 13.7. The first-order valence-electron chi connectivity index (χ1n) is 11.0. The van der Waals surface area contributed by atoms with Crippen LogP contribution in [0, 0.1) is 34.5 Å². The van der Waals surface area contributed by atoms with Gasteiger partial charge in [-0.3, -0.25) is 4.79 Å². The number of allylic oxidation sites excluding steroid dienone is 4. The van der Waals surface area contributed by atoms with Gasteiger partial charge < -0.3 is 9.47 Å². The van der Waals surface area contributed by atoms with Crippen LogP contribution in [0.1, 0.15) is 66.2 Å². The van der Waals surface area contributed by atoms with E-state index in [4.69, 9.17) is 9.47 Å². The predicted octanol–water partition coefficient (Wildman–Crippen LogP) is 5.06. The van der Waals surface area contributed by atoms with Crippen LogP contribution in [-0.2, 0) is 14.3 Å². The monoisotopic (exact) mass is 370 g/mol. The van der Waals surface area contributed by atoms with E-state index in [0.29, 0.717) is 43.2 Å². The average Bonchev–Trinajstić information content (AvgIpc) is 3.19. The second-order valence-electron chi connectivity index (χ2n) is 10.5. The van der Waals surface area contributed by atoms with Crippen molar-refractivity contribution in [3.05, 3.63) is 23.3 Å². The Morgan fingerprint density at radius 1 is 1.11 bits per heavy atom. The third-order valence-corrected chi connectivity index (χ3v) is 9.15. The first-order chi connectivity index (χ1) is 12.8. The van der Waals surface area contributed by atoms with Crippen LogP contribution in [0.25, 0.3) is 0 Å². The highest BCUT2D eigenvalue weighted by molar-refractivity contribution is 5.85. The lowest BCUT2D eigenvalue weighted by molar-refractivity contribution is -0.212. The fraction of sp³-hybridized carbons (Fsp3) is 0.792. The minimum absolute atomic E-state index is 0.0134. The van der Waals surface area contributed by atoms with Crippen LogP contribution in [-0.4, -0.2) is 24.8 Å². The average molecular weight is 371 g/mol. The number of hydrogen-bond donors (Lipinski definition) is 0. The number of ketones is 1. The van der Waals surface area contributed by atoms with Crippen molar-refractivity contribution in [1.29, 1.82) is 0 Å². The van der Waals surface area contributed by atoms with Gasteiger partial charge in [-0.05, 0) is 68.8 Å². The Bertz CT molecular complexity index is 728. The van der Waals surface area contributed by atoms with Crippen molar-refractivity contribution in [1.82, 2.24) is 0 Å². The lowest BCUT2D eigenvalue weighted by Crippen LogP contribution is -2.56. The van der Waals surface area contributed by atoms with E-state index in [2.05, 4.69) is 39.8 Å². The molecule has 0 spiro atoms. The maximum absolute atomic E-state index is 13.7. The molecule has 0 N–H and O–H groups in total. The van der Waals surface area contributed by atoms with Gasteiger partial charge in [0.05, 0.1) is 13.2 Å². The third kappa shape index (κ3) is 2.37. The molecule has 148 valence electrons. The van der Waals surface area contributed by atoms with Crippen molar-refractivity contribution in [2.24, 2.45) is 34.5 Å². The third-order valence-electron chi connectivity index (χ3n) is 9.15. The van der Waals surface area contributed by atoms with E-state index < -0.39 is 5.79 Å². The molecule has 0 amide bonds. The maximum Gasteiger partial charge on any atom is 0.169 e. The molecule has 0 aromatic carbocycles. The smallest absolute Gasteiger partial charge is 0.169 e. The number of carbonyl (C=O) groups excluding carboxylic acids is 1. The molecular formula is C24H34O3. The molecule has 1 saturated heterocycles. The molecular weight excluding hydrogens is 336 g/mol. The van der Waals surface area contributed by atoms with Gasteiger partial charge in [0.2, 0.25) is 0 Å². The minimum Gasteiger partial charge on any atom is -0.348 e. The van der Waals surface area contributed by atoms with Crippen molar-refractivity contribution in [3.63, 3.8) is 0 Å². The highest BCUT2D eigenvalue weighted by atomic mass is 16.7. The zero-order valence-corrected chi connectivity index (χ0v) is 17.3. The highest BCUT2D eigenvalue weighted by Crippen LogP contribution is 2.66. The van der Waals surface area contributed by atoms with Gasteiger partial charge in [-0.15, -0.1) is 0 Å². The number of hydrogen-bond acceptors (Lipinski definition) is 3. The van der Waals surface area contributed by atoms with E-state index in [-0.39, 0.29) is 16.7 Å². The summed E-state index contributed by atoms with van der Waals surface area (Å²) in [6.07, 6.45) is 11.2. The molecule has 0 aromatic rings. The normalized spacial score (nSPS) is 48.4. The number of rotatable bonds is 1. The summed E-state index contributed by atoms with van der Waals surface area (Å²) in [5.74, 6) is 1.64. The van der Waals surface area contributed by atoms with Crippen molar-refractivity contribution in [3.8, 4) is 0 Å². The second-order valence-corrected chi connectivity index (χ2v) is 10.5. The lowest BCUT2D eigenvalue weighted by atomic mass is 9.47. The minimum atomic E-state index is -0.499. The fourth-order valence-corrected chi connectivity index (χ4v) is 7.89. The predicted molar refractivity (Wildman–Crippen MR) is 105 cm³/mol. The van der Waals surface area contributed by atoms with Crippen molar-refractivity contribution < 1.29 is 14.3 Å². The zero-order chi connectivity index (χ0) is 19.0. The summed E-state index contributed by atoms with van der Waals surface area (Å²) in [6.45, 7) is 10.5. The van der Waals surface area contributed by atoms with E-state index in [9.17, 15) is 4.79 Å². The Labute approximate surface area is 163 Å². The summed E-state index contributed by atoms with van der Waals surface area (Å²) in [6, 6.07) is 0. The Balaban J connectivity index is 1.52. The molecule has 3 unspecified atom stereocenters. The molecule has 4 aliphatic carbocycles. The Kier molecular flexibility index (Phi) is 3.89. The molecule has 2 saturated carbocycles. The summed E-state index contributed by atoms with van der Waals surface area (Å²) >= 11 is 0. The molecule has 1 aliphatic heterocycles. The Hall–Kier alpha value is -0.930. The van der Waals surface area contributed by atoms with E-state index >= 15 is 0 Å². The summed E-state index contributed by atoms with van der Waals surface area (Å²) < 4.78 is 12.1. The van der Waals surface area contributed by atoms with E-state index in [1.54, 1.807) is 0 Å². The van der Waals surface area contributed by atoms with Crippen LogP contribution in [0.4, 0.5) is 0 Å². The van der Waals surface area contributed by atoms with Gasteiger partial charge in [-0.2, -0.15) is 0 Å². The van der Waals surface area contributed by atoms with Gasteiger partial charge in [0.1, 0.15) is 5.78 Å². The molecule has 0 radical (unpaired) electrons. The molecule has 6 atom stereocenters. The van der Waals surface area contributed by atoms with Crippen molar-refractivity contribution in [2.45, 2.75) is 72.0 Å². The fourth-order valence-electron chi connectivity index (χ4n) is 7.89. The van der Waals surface area contributed by atoms with Crippen LogP contribution < -0.4 is 0 Å².